The third kappa shape index (κ3) is 4.36. The SMILES string of the molecule is O=C1OC(c2cccc(F)c2)=N/C1=C\c1ccccc1OCc1ccccc1Cl. The summed E-state index contributed by atoms with van der Waals surface area (Å²) < 4.78 is 24.5. The molecule has 0 radical (unpaired) electrons. The third-order valence-corrected chi connectivity index (χ3v) is 4.61. The second kappa shape index (κ2) is 8.29. The Kier molecular flexibility index (Phi) is 5.40. The van der Waals surface area contributed by atoms with E-state index < -0.39 is 11.8 Å². The van der Waals surface area contributed by atoms with Gasteiger partial charge < -0.3 is 9.47 Å². The second-order valence-electron chi connectivity index (χ2n) is 6.26. The first-order valence-corrected chi connectivity index (χ1v) is 9.22. The van der Waals surface area contributed by atoms with Gasteiger partial charge in [-0.2, -0.15) is 0 Å². The molecule has 0 N–H and O–H groups in total. The lowest BCUT2D eigenvalue weighted by atomic mass is 10.1. The van der Waals surface area contributed by atoms with Gasteiger partial charge in [0.25, 0.3) is 0 Å². The van der Waals surface area contributed by atoms with Crippen LogP contribution >= 0.6 is 11.6 Å². The van der Waals surface area contributed by atoms with Crippen LogP contribution in [0.4, 0.5) is 4.39 Å². The van der Waals surface area contributed by atoms with Crippen LogP contribution in [0.5, 0.6) is 5.75 Å². The zero-order chi connectivity index (χ0) is 20.2. The minimum atomic E-state index is -0.606. The number of rotatable bonds is 5. The molecule has 4 nitrogen and oxygen atoms in total. The summed E-state index contributed by atoms with van der Waals surface area (Å²) in [6.45, 7) is 0.280. The van der Waals surface area contributed by atoms with Crippen molar-refractivity contribution in [2.45, 2.75) is 6.61 Å². The number of hydrogen-bond acceptors (Lipinski definition) is 4. The van der Waals surface area contributed by atoms with Crippen LogP contribution in [0.3, 0.4) is 0 Å². The number of para-hydroxylation sites is 1. The maximum Gasteiger partial charge on any atom is 0.363 e. The molecule has 0 aliphatic carbocycles. The number of aliphatic imine (C=N–C) groups is 1. The first-order chi connectivity index (χ1) is 14.1. The van der Waals surface area contributed by atoms with E-state index in [1.54, 1.807) is 30.3 Å². The summed E-state index contributed by atoms with van der Waals surface area (Å²) in [6, 6.07) is 20.4. The quantitative estimate of drug-likeness (QED) is 0.420. The van der Waals surface area contributed by atoms with Crippen LogP contribution in [-0.4, -0.2) is 11.9 Å². The molecule has 3 aromatic rings. The Bertz CT molecular complexity index is 1140. The Morgan fingerprint density at radius 2 is 1.83 bits per heavy atom. The summed E-state index contributed by atoms with van der Waals surface area (Å²) in [7, 11) is 0. The molecule has 3 aromatic carbocycles. The molecule has 0 bridgehead atoms. The molecule has 0 unspecified atom stereocenters. The number of ether oxygens (including phenoxy) is 2. The van der Waals surface area contributed by atoms with Gasteiger partial charge >= 0.3 is 5.97 Å². The maximum atomic E-state index is 13.4. The van der Waals surface area contributed by atoms with E-state index in [0.717, 1.165) is 5.56 Å². The zero-order valence-corrected chi connectivity index (χ0v) is 15.9. The highest BCUT2D eigenvalue weighted by molar-refractivity contribution is 6.31. The number of esters is 1. The highest BCUT2D eigenvalue weighted by Gasteiger charge is 2.24. The number of carbonyl (C=O) groups is 1. The monoisotopic (exact) mass is 407 g/mol. The summed E-state index contributed by atoms with van der Waals surface area (Å²) in [5.74, 6) is -0.403. The van der Waals surface area contributed by atoms with Crippen molar-refractivity contribution in [2.24, 2.45) is 4.99 Å². The molecule has 0 atom stereocenters. The van der Waals surface area contributed by atoms with E-state index in [4.69, 9.17) is 21.1 Å². The summed E-state index contributed by atoms with van der Waals surface area (Å²) in [5, 5.41) is 0.618. The van der Waals surface area contributed by atoms with Gasteiger partial charge in [0.1, 0.15) is 18.2 Å². The van der Waals surface area contributed by atoms with Gasteiger partial charge in [0.2, 0.25) is 5.90 Å². The smallest absolute Gasteiger partial charge is 0.363 e. The maximum absolute atomic E-state index is 13.4. The van der Waals surface area contributed by atoms with Gasteiger partial charge in [-0.3, -0.25) is 0 Å². The number of halogens is 2. The Balaban J connectivity index is 1.59. The fourth-order valence-electron chi connectivity index (χ4n) is 2.80. The van der Waals surface area contributed by atoms with Crippen LogP contribution in [0.15, 0.2) is 83.5 Å². The van der Waals surface area contributed by atoms with Gasteiger partial charge in [-0.15, -0.1) is 0 Å². The summed E-state index contributed by atoms with van der Waals surface area (Å²) >= 11 is 6.17. The van der Waals surface area contributed by atoms with Crippen LogP contribution in [0.2, 0.25) is 5.02 Å². The molecule has 1 heterocycles. The van der Waals surface area contributed by atoms with E-state index in [9.17, 15) is 9.18 Å². The minimum absolute atomic E-state index is 0.0650. The number of hydrogen-bond donors (Lipinski definition) is 0. The normalized spacial score (nSPS) is 14.6. The lowest BCUT2D eigenvalue weighted by molar-refractivity contribution is -0.129. The molecular formula is C23H15ClFNO3. The van der Waals surface area contributed by atoms with Gasteiger partial charge in [0, 0.05) is 21.7 Å². The van der Waals surface area contributed by atoms with Crippen molar-refractivity contribution >= 4 is 29.5 Å². The highest BCUT2D eigenvalue weighted by atomic mass is 35.5. The Morgan fingerprint density at radius 3 is 2.66 bits per heavy atom. The first kappa shape index (κ1) is 18.9. The van der Waals surface area contributed by atoms with E-state index >= 15 is 0 Å². The van der Waals surface area contributed by atoms with Gasteiger partial charge in [0.15, 0.2) is 5.70 Å². The molecule has 0 fully saturated rings. The third-order valence-electron chi connectivity index (χ3n) is 4.24. The van der Waals surface area contributed by atoms with E-state index in [1.165, 1.54) is 18.2 Å². The van der Waals surface area contributed by atoms with Crippen molar-refractivity contribution in [2.75, 3.05) is 0 Å². The van der Waals surface area contributed by atoms with Gasteiger partial charge in [0.05, 0.1) is 0 Å². The largest absolute Gasteiger partial charge is 0.488 e. The number of benzene rings is 3. The molecule has 0 spiro atoms. The Labute approximate surface area is 171 Å². The van der Waals surface area contributed by atoms with Crippen molar-refractivity contribution in [3.8, 4) is 5.75 Å². The average Bonchev–Trinajstić information content (AvgIpc) is 3.09. The molecular weight excluding hydrogens is 393 g/mol. The summed E-state index contributed by atoms with van der Waals surface area (Å²) in [6.07, 6.45) is 1.58. The van der Waals surface area contributed by atoms with Crippen molar-refractivity contribution in [1.29, 1.82) is 0 Å². The number of cyclic esters (lactones) is 1. The molecule has 0 aromatic heterocycles. The van der Waals surface area contributed by atoms with Crippen LogP contribution in [0.25, 0.3) is 6.08 Å². The molecule has 0 saturated carbocycles. The fourth-order valence-corrected chi connectivity index (χ4v) is 2.99. The van der Waals surface area contributed by atoms with E-state index in [2.05, 4.69) is 4.99 Å². The van der Waals surface area contributed by atoms with Crippen LogP contribution in [0.1, 0.15) is 16.7 Å². The Hall–Kier alpha value is -3.44. The van der Waals surface area contributed by atoms with Crippen molar-refractivity contribution in [3.05, 3.63) is 106 Å². The lowest BCUT2D eigenvalue weighted by Crippen LogP contribution is -2.05. The molecule has 29 heavy (non-hydrogen) atoms. The van der Waals surface area contributed by atoms with Crippen LogP contribution < -0.4 is 4.74 Å². The lowest BCUT2D eigenvalue weighted by Gasteiger charge is -2.10. The van der Waals surface area contributed by atoms with E-state index in [1.807, 2.05) is 30.3 Å². The van der Waals surface area contributed by atoms with Crippen molar-refractivity contribution in [3.63, 3.8) is 0 Å². The van der Waals surface area contributed by atoms with E-state index in [-0.39, 0.29) is 18.2 Å². The highest BCUT2D eigenvalue weighted by Crippen LogP contribution is 2.26. The predicted octanol–water partition coefficient (Wildman–Crippen LogP) is 5.40. The molecule has 6 heteroatoms. The van der Waals surface area contributed by atoms with Crippen LogP contribution in [0, 0.1) is 5.82 Å². The number of carbonyl (C=O) groups excluding carboxylic acids is 1. The molecule has 1 aliphatic heterocycles. The first-order valence-electron chi connectivity index (χ1n) is 8.84. The zero-order valence-electron chi connectivity index (χ0n) is 15.1. The molecule has 0 saturated heterocycles. The van der Waals surface area contributed by atoms with Gasteiger partial charge in [-0.1, -0.05) is 54.1 Å². The number of nitrogens with zero attached hydrogens (tertiary/aromatic N) is 1. The topological polar surface area (TPSA) is 47.9 Å². The average molecular weight is 408 g/mol. The fraction of sp³-hybridized carbons (Fsp3) is 0.0435. The van der Waals surface area contributed by atoms with Gasteiger partial charge in [-0.05, 0) is 36.4 Å². The van der Waals surface area contributed by atoms with Crippen molar-refractivity contribution in [1.82, 2.24) is 0 Å². The summed E-state index contributed by atoms with van der Waals surface area (Å²) in [4.78, 5) is 16.4. The second-order valence-corrected chi connectivity index (χ2v) is 6.67. The molecule has 1 aliphatic rings. The predicted molar refractivity (Wildman–Crippen MR) is 109 cm³/mol. The Morgan fingerprint density at radius 1 is 1.03 bits per heavy atom. The van der Waals surface area contributed by atoms with Crippen molar-refractivity contribution < 1.29 is 18.7 Å². The molecule has 4 rings (SSSR count). The molecule has 0 amide bonds. The minimum Gasteiger partial charge on any atom is -0.488 e. The summed E-state index contributed by atoms with van der Waals surface area (Å²) in [5.41, 5.74) is 2.02. The standard InChI is InChI=1S/C23H15ClFNO3/c24-19-10-3-1-7-17(19)14-28-21-11-4-2-6-15(21)13-20-23(27)29-22(26-20)16-8-5-9-18(25)12-16/h1-13H,14H2/b20-13-. The van der Waals surface area contributed by atoms with Crippen LogP contribution in [-0.2, 0) is 16.1 Å². The molecule has 144 valence electrons. The van der Waals surface area contributed by atoms with E-state index in [0.29, 0.717) is 21.9 Å². The van der Waals surface area contributed by atoms with Gasteiger partial charge in [-0.25, -0.2) is 14.2 Å².